The standard InChI is InChI=1S/C32H40N6O9S/c1-17(2)25-29(42)34-20(11-18-7-5-4-6-8-18)32(45)38-13-19(33-30(43)27-26-23(16-48-27)46-9-10-47-26)12-22(38)28(41)35-21(15-39)31(44)37(3)14-24(40)36-25/h4-8,16-17,19-22,25,39H,9-15H2,1-3H3,(H,33,43)(H,34,42)(H,35,41)(H,36,40)/t19-,20-,21-,22-,25+/m0/s1. The van der Waals surface area contributed by atoms with Crippen molar-refractivity contribution < 1.29 is 43.3 Å². The Morgan fingerprint density at radius 2 is 1.71 bits per heavy atom. The van der Waals surface area contributed by atoms with Crippen molar-refractivity contribution in [2.45, 2.75) is 56.9 Å². The van der Waals surface area contributed by atoms with Gasteiger partial charge >= 0.3 is 0 Å². The normalized spacial score (nSPS) is 25.4. The third-order valence-electron chi connectivity index (χ3n) is 8.45. The van der Waals surface area contributed by atoms with Crippen LogP contribution in [-0.2, 0) is 30.4 Å². The number of aliphatic hydroxyl groups excluding tert-OH is 1. The average molecular weight is 685 g/mol. The fraction of sp³-hybridized carbons (Fsp3) is 0.500. The first-order chi connectivity index (χ1) is 23.0. The first-order valence-corrected chi connectivity index (χ1v) is 16.6. The van der Waals surface area contributed by atoms with Crippen molar-refractivity contribution in [3.63, 3.8) is 0 Å². The summed E-state index contributed by atoms with van der Waals surface area (Å²) in [6.07, 6.45) is 0.0578. The van der Waals surface area contributed by atoms with Crippen LogP contribution in [0.4, 0.5) is 0 Å². The second kappa shape index (κ2) is 15.0. The summed E-state index contributed by atoms with van der Waals surface area (Å²) in [6, 6.07) is 3.53. The molecular weight excluding hydrogens is 644 g/mol. The lowest BCUT2D eigenvalue weighted by Crippen LogP contribution is -2.58. The number of thiophene rings is 1. The molecule has 3 aliphatic rings. The van der Waals surface area contributed by atoms with Gasteiger partial charge in [0.25, 0.3) is 5.91 Å². The number of fused-ring (bicyclic) bond motifs is 2. The van der Waals surface area contributed by atoms with Crippen molar-refractivity contribution in [2.75, 3.05) is 40.0 Å². The van der Waals surface area contributed by atoms with Crippen LogP contribution < -0.4 is 30.7 Å². The van der Waals surface area contributed by atoms with Gasteiger partial charge in [0.15, 0.2) is 11.5 Å². The molecule has 0 saturated carbocycles. The third-order valence-corrected chi connectivity index (χ3v) is 9.38. The molecule has 6 amide bonds. The van der Waals surface area contributed by atoms with Gasteiger partial charge in [-0.3, -0.25) is 28.8 Å². The molecule has 5 atom stereocenters. The number of likely N-dealkylation sites (N-methyl/N-ethyl adjacent to an activating group) is 1. The topological polar surface area (TPSA) is 196 Å². The van der Waals surface area contributed by atoms with Gasteiger partial charge in [-0.2, -0.15) is 0 Å². The van der Waals surface area contributed by atoms with Gasteiger partial charge < -0.3 is 45.6 Å². The Hall–Kier alpha value is -4.70. The Labute approximate surface area is 281 Å². The van der Waals surface area contributed by atoms with E-state index in [4.69, 9.17) is 9.47 Å². The summed E-state index contributed by atoms with van der Waals surface area (Å²) >= 11 is 1.14. The maximum absolute atomic E-state index is 14.4. The van der Waals surface area contributed by atoms with E-state index in [0.29, 0.717) is 18.1 Å². The lowest BCUT2D eigenvalue weighted by atomic mass is 10.0. The van der Waals surface area contributed by atoms with Crippen LogP contribution in [-0.4, -0.2) is 121 Å². The zero-order valence-electron chi connectivity index (χ0n) is 26.9. The van der Waals surface area contributed by atoms with Crippen molar-refractivity contribution in [3.8, 4) is 11.5 Å². The third kappa shape index (κ3) is 7.71. The molecule has 48 heavy (non-hydrogen) atoms. The summed E-state index contributed by atoms with van der Waals surface area (Å²) < 4.78 is 11.2. The number of amides is 6. The number of nitrogens with one attached hydrogen (secondary N) is 4. The van der Waals surface area contributed by atoms with Gasteiger partial charge in [0.05, 0.1) is 13.2 Å². The van der Waals surface area contributed by atoms with E-state index >= 15 is 0 Å². The van der Waals surface area contributed by atoms with Crippen LogP contribution in [0.1, 0.15) is 35.5 Å². The molecule has 16 heteroatoms. The Morgan fingerprint density at radius 1 is 1.00 bits per heavy atom. The molecule has 0 aliphatic carbocycles. The summed E-state index contributed by atoms with van der Waals surface area (Å²) in [7, 11) is 1.34. The number of carbonyl (C=O) groups is 6. The number of benzene rings is 1. The minimum absolute atomic E-state index is 0.0168. The molecule has 1 aromatic carbocycles. The molecule has 5 rings (SSSR count). The zero-order chi connectivity index (χ0) is 34.5. The fourth-order valence-corrected chi connectivity index (χ4v) is 6.81. The smallest absolute Gasteiger partial charge is 0.265 e. The molecule has 15 nitrogen and oxygen atoms in total. The summed E-state index contributed by atoms with van der Waals surface area (Å²) in [5, 5.41) is 22.6. The monoisotopic (exact) mass is 684 g/mol. The number of aliphatic hydroxyl groups is 1. The minimum atomic E-state index is -1.42. The Balaban J connectivity index is 1.48. The van der Waals surface area contributed by atoms with Gasteiger partial charge in [-0.15, -0.1) is 11.3 Å². The molecule has 0 spiro atoms. The highest BCUT2D eigenvalue weighted by molar-refractivity contribution is 7.12. The average Bonchev–Trinajstić information content (AvgIpc) is 3.69. The molecule has 2 fully saturated rings. The van der Waals surface area contributed by atoms with E-state index in [1.165, 1.54) is 11.9 Å². The molecule has 3 aliphatic heterocycles. The summed E-state index contributed by atoms with van der Waals surface area (Å²) in [6.45, 7) is 2.81. The highest BCUT2D eigenvalue weighted by Crippen LogP contribution is 2.39. The van der Waals surface area contributed by atoms with Crippen LogP contribution in [0.15, 0.2) is 35.7 Å². The predicted octanol–water partition coefficient (Wildman–Crippen LogP) is -0.964. The molecule has 2 saturated heterocycles. The highest BCUT2D eigenvalue weighted by atomic mass is 32.1. The minimum Gasteiger partial charge on any atom is -0.485 e. The summed E-state index contributed by atoms with van der Waals surface area (Å²) in [4.78, 5) is 84.0. The van der Waals surface area contributed by atoms with Crippen LogP contribution in [0.25, 0.3) is 0 Å². The van der Waals surface area contributed by atoms with Crippen LogP contribution in [0.5, 0.6) is 11.5 Å². The number of ether oxygens (including phenoxy) is 2. The van der Waals surface area contributed by atoms with Crippen LogP contribution in [0, 0.1) is 5.92 Å². The molecule has 5 N–H and O–H groups in total. The van der Waals surface area contributed by atoms with E-state index in [1.807, 2.05) is 6.07 Å². The molecule has 2 aromatic rings. The lowest BCUT2D eigenvalue weighted by molar-refractivity contribution is -0.143. The number of rotatable bonds is 6. The Kier molecular flexibility index (Phi) is 10.8. The largest absolute Gasteiger partial charge is 0.485 e. The molecule has 0 unspecified atom stereocenters. The van der Waals surface area contributed by atoms with Crippen molar-refractivity contribution in [1.29, 1.82) is 0 Å². The number of hydrogen-bond donors (Lipinski definition) is 5. The first kappa shape index (κ1) is 34.6. The molecule has 0 bridgehead atoms. The number of nitrogens with zero attached hydrogens (tertiary/aromatic N) is 2. The Bertz CT molecular complexity index is 1550. The van der Waals surface area contributed by atoms with Gasteiger partial charge in [-0.1, -0.05) is 44.2 Å². The maximum atomic E-state index is 14.4. The van der Waals surface area contributed by atoms with E-state index in [9.17, 15) is 33.9 Å². The van der Waals surface area contributed by atoms with Gasteiger partial charge in [0.2, 0.25) is 29.5 Å². The molecule has 4 heterocycles. The van der Waals surface area contributed by atoms with E-state index in [-0.39, 0.29) is 36.8 Å². The second-order valence-corrected chi connectivity index (χ2v) is 13.2. The SMILES string of the molecule is CC(C)[C@H]1NC(=O)CN(C)C(=O)[C@H](CO)NC(=O)[C@@H]2C[C@H](NC(=O)c3scc4c3OCCO4)CN2C(=O)[C@H](Cc2ccccc2)NC1=O. The highest BCUT2D eigenvalue weighted by Gasteiger charge is 2.44. The first-order valence-electron chi connectivity index (χ1n) is 15.7. The predicted molar refractivity (Wildman–Crippen MR) is 172 cm³/mol. The molecule has 1 aromatic heterocycles. The van der Waals surface area contributed by atoms with E-state index in [2.05, 4.69) is 21.3 Å². The van der Waals surface area contributed by atoms with Crippen molar-refractivity contribution in [2.24, 2.45) is 5.92 Å². The van der Waals surface area contributed by atoms with Crippen LogP contribution in [0.3, 0.4) is 0 Å². The van der Waals surface area contributed by atoms with Gasteiger partial charge in [-0.25, -0.2) is 0 Å². The van der Waals surface area contributed by atoms with Crippen LogP contribution >= 0.6 is 11.3 Å². The second-order valence-electron chi connectivity index (χ2n) is 12.3. The van der Waals surface area contributed by atoms with E-state index < -0.39 is 78.8 Å². The molecular formula is C32H40N6O9S. The van der Waals surface area contributed by atoms with Crippen LogP contribution in [0.2, 0.25) is 0 Å². The molecule has 258 valence electrons. The van der Waals surface area contributed by atoms with Gasteiger partial charge in [-0.05, 0) is 17.9 Å². The molecule has 0 radical (unpaired) electrons. The van der Waals surface area contributed by atoms with Gasteiger partial charge in [0, 0.05) is 31.4 Å². The van der Waals surface area contributed by atoms with Gasteiger partial charge in [0.1, 0.15) is 42.3 Å². The lowest BCUT2D eigenvalue weighted by Gasteiger charge is -2.30. The maximum Gasteiger partial charge on any atom is 0.265 e. The fourth-order valence-electron chi connectivity index (χ4n) is 5.98. The van der Waals surface area contributed by atoms with E-state index in [0.717, 1.165) is 21.8 Å². The number of hydrogen-bond acceptors (Lipinski definition) is 10. The quantitative estimate of drug-likeness (QED) is 0.255. The number of carbonyl (C=O) groups excluding carboxylic acids is 6. The van der Waals surface area contributed by atoms with Crippen molar-refractivity contribution >= 4 is 46.8 Å². The summed E-state index contributed by atoms with van der Waals surface area (Å²) in [5.41, 5.74) is 0.738. The van der Waals surface area contributed by atoms with Crippen molar-refractivity contribution in [3.05, 3.63) is 46.2 Å². The Morgan fingerprint density at radius 3 is 2.42 bits per heavy atom. The summed E-state index contributed by atoms with van der Waals surface area (Å²) in [5.74, 6) is -3.39. The van der Waals surface area contributed by atoms with E-state index in [1.54, 1.807) is 43.5 Å². The zero-order valence-corrected chi connectivity index (χ0v) is 27.7. The van der Waals surface area contributed by atoms with Crippen molar-refractivity contribution in [1.82, 2.24) is 31.1 Å².